The maximum absolute atomic E-state index is 4.75. The highest BCUT2D eigenvalue weighted by molar-refractivity contribution is 7.99. The van der Waals surface area contributed by atoms with Gasteiger partial charge < -0.3 is 0 Å². The lowest BCUT2D eigenvalue weighted by molar-refractivity contribution is 1.01. The zero-order chi connectivity index (χ0) is 24.9. The van der Waals surface area contributed by atoms with E-state index in [-0.39, 0.29) is 0 Å². The first-order valence-electron chi connectivity index (χ1n) is 12.1. The second-order valence-electron chi connectivity index (χ2n) is 8.90. The van der Waals surface area contributed by atoms with Gasteiger partial charge in [-0.05, 0) is 59.7 Å². The summed E-state index contributed by atoms with van der Waals surface area (Å²) in [6.07, 6.45) is 5.42. The van der Waals surface area contributed by atoms with Crippen LogP contribution in [0.2, 0.25) is 0 Å². The van der Waals surface area contributed by atoms with Crippen molar-refractivity contribution < 1.29 is 0 Å². The van der Waals surface area contributed by atoms with E-state index in [4.69, 9.17) is 9.97 Å². The van der Waals surface area contributed by atoms with E-state index in [0.717, 1.165) is 55.9 Å². The third-order valence-electron chi connectivity index (χ3n) is 6.81. The minimum Gasteiger partial charge on any atom is -0.294 e. The van der Waals surface area contributed by atoms with Gasteiger partial charge in [0.2, 0.25) is 0 Å². The molecule has 0 radical (unpaired) electrons. The topological polar surface area (TPSA) is 34.0 Å². The molecule has 3 heterocycles. The zero-order valence-corrected chi connectivity index (χ0v) is 20.8. The predicted molar refractivity (Wildman–Crippen MR) is 155 cm³/mol. The van der Waals surface area contributed by atoms with Crippen LogP contribution in [0.15, 0.2) is 120 Å². The quantitative estimate of drug-likeness (QED) is 0.245. The van der Waals surface area contributed by atoms with Gasteiger partial charge in [-0.1, -0.05) is 73.5 Å². The van der Waals surface area contributed by atoms with Crippen LogP contribution in [0, 0.1) is 0 Å². The molecule has 5 heteroatoms. The van der Waals surface area contributed by atoms with Crippen molar-refractivity contribution in [3.63, 3.8) is 0 Å². The van der Waals surface area contributed by atoms with Crippen LogP contribution < -0.4 is 4.90 Å². The van der Waals surface area contributed by atoms with Crippen molar-refractivity contribution in [1.29, 1.82) is 0 Å². The Morgan fingerprint density at radius 1 is 0.622 bits per heavy atom. The summed E-state index contributed by atoms with van der Waals surface area (Å²) in [4.78, 5) is 14.1. The fourth-order valence-corrected chi connectivity index (χ4v) is 6.15. The molecule has 0 saturated carbocycles. The van der Waals surface area contributed by atoms with Crippen LogP contribution in [-0.4, -0.2) is 14.5 Å². The van der Waals surface area contributed by atoms with E-state index < -0.39 is 0 Å². The summed E-state index contributed by atoms with van der Waals surface area (Å²) in [6, 6.07) is 31.8. The van der Waals surface area contributed by atoms with Crippen molar-refractivity contribution in [2.75, 3.05) is 4.90 Å². The van der Waals surface area contributed by atoms with E-state index >= 15 is 0 Å². The van der Waals surface area contributed by atoms with Crippen LogP contribution in [0.5, 0.6) is 0 Å². The summed E-state index contributed by atoms with van der Waals surface area (Å²) in [5.41, 5.74) is 6.56. The molecule has 0 bridgehead atoms. The van der Waals surface area contributed by atoms with Gasteiger partial charge in [0.1, 0.15) is 18.0 Å². The number of para-hydroxylation sites is 2. The molecule has 4 nitrogen and oxygen atoms in total. The number of hydrogen-bond donors (Lipinski definition) is 0. The van der Waals surface area contributed by atoms with Crippen LogP contribution >= 0.6 is 11.8 Å². The molecular formula is C32H22N4S. The average molecular weight is 495 g/mol. The van der Waals surface area contributed by atoms with Crippen LogP contribution in [0.3, 0.4) is 0 Å². The van der Waals surface area contributed by atoms with Gasteiger partial charge in [-0.15, -0.1) is 0 Å². The zero-order valence-electron chi connectivity index (χ0n) is 20.0. The first-order valence-corrected chi connectivity index (χ1v) is 12.9. The molecule has 0 saturated heterocycles. The lowest BCUT2D eigenvalue weighted by Crippen LogP contribution is -2.16. The summed E-state index contributed by atoms with van der Waals surface area (Å²) in [7, 11) is 0. The van der Waals surface area contributed by atoms with Crippen molar-refractivity contribution in [2.24, 2.45) is 0 Å². The molecular weight excluding hydrogens is 472 g/mol. The van der Waals surface area contributed by atoms with Gasteiger partial charge in [-0.3, -0.25) is 9.47 Å². The Balaban J connectivity index is 1.48. The fraction of sp³-hybridized carbons (Fsp3) is 0. The molecule has 0 amide bonds. The third-order valence-corrected chi connectivity index (χ3v) is 7.94. The Morgan fingerprint density at radius 2 is 1.16 bits per heavy atom. The standard InChI is InChI=1S/C32H22N4S/c1-3-21-13-15-25-23(17-21)24-18-22(4-2)14-16-26(24)35(25)31-19-32(34-20-33-31)36-27-9-5-7-11-29(27)37-30-12-8-6-10-28(30)36/h3-20H,1-2H2. The molecule has 37 heavy (non-hydrogen) atoms. The molecule has 0 fully saturated rings. The van der Waals surface area contributed by atoms with Crippen LogP contribution in [-0.2, 0) is 0 Å². The van der Waals surface area contributed by atoms with Crippen molar-refractivity contribution in [3.05, 3.63) is 122 Å². The molecule has 7 rings (SSSR count). The van der Waals surface area contributed by atoms with Gasteiger partial charge in [0.25, 0.3) is 0 Å². The molecule has 0 spiro atoms. The fourth-order valence-electron chi connectivity index (χ4n) is 5.09. The molecule has 176 valence electrons. The Hall–Kier alpha value is -4.61. The summed E-state index contributed by atoms with van der Waals surface area (Å²) in [5, 5.41) is 2.31. The second-order valence-corrected chi connectivity index (χ2v) is 9.99. The molecule has 0 N–H and O–H groups in total. The molecule has 0 unspecified atom stereocenters. The van der Waals surface area contributed by atoms with E-state index in [2.05, 4.69) is 114 Å². The second kappa shape index (κ2) is 8.50. The molecule has 0 atom stereocenters. The number of nitrogens with zero attached hydrogens (tertiary/aromatic N) is 4. The lowest BCUT2D eigenvalue weighted by Gasteiger charge is -2.31. The molecule has 1 aliphatic rings. The SMILES string of the molecule is C=Cc1ccc2c(c1)c1cc(C=C)ccc1n2-c1cc(N2c3ccccc3Sc3ccccc32)ncn1. The Kier molecular flexibility index (Phi) is 4.98. The van der Waals surface area contributed by atoms with Crippen molar-refractivity contribution >= 4 is 62.9 Å². The van der Waals surface area contributed by atoms with E-state index in [9.17, 15) is 0 Å². The van der Waals surface area contributed by atoms with Gasteiger partial charge in [-0.25, -0.2) is 9.97 Å². The van der Waals surface area contributed by atoms with Crippen molar-refractivity contribution in [2.45, 2.75) is 9.79 Å². The van der Waals surface area contributed by atoms with E-state index in [1.54, 1.807) is 18.1 Å². The third kappa shape index (κ3) is 3.39. The normalized spacial score (nSPS) is 12.4. The Labute approximate surface area is 219 Å². The monoisotopic (exact) mass is 494 g/mol. The molecule has 1 aliphatic heterocycles. The maximum atomic E-state index is 4.75. The van der Waals surface area contributed by atoms with Gasteiger partial charge >= 0.3 is 0 Å². The first kappa shape index (κ1) is 21.7. The number of fused-ring (bicyclic) bond motifs is 5. The Morgan fingerprint density at radius 3 is 1.73 bits per heavy atom. The summed E-state index contributed by atoms with van der Waals surface area (Å²) < 4.78 is 2.21. The molecule has 2 aromatic heterocycles. The summed E-state index contributed by atoms with van der Waals surface area (Å²) in [6.45, 7) is 7.93. The van der Waals surface area contributed by atoms with Crippen molar-refractivity contribution in [1.82, 2.24) is 14.5 Å². The minimum absolute atomic E-state index is 0.816. The highest BCUT2D eigenvalue weighted by Gasteiger charge is 2.26. The average Bonchev–Trinajstić information content (AvgIpc) is 3.28. The van der Waals surface area contributed by atoms with E-state index in [1.165, 1.54) is 9.79 Å². The van der Waals surface area contributed by atoms with Crippen LogP contribution in [0.1, 0.15) is 11.1 Å². The number of benzene rings is 4. The van der Waals surface area contributed by atoms with Crippen LogP contribution in [0.4, 0.5) is 17.2 Å². The molecule has 4 aromatic carbocycles. The first-order chi connectivity index (χ1) is 18.2. The summed E-state index contributed by atoms with van der Waals surface area (Å²) >= 11 is 1.79. The largest absolute Gasteiger partial charge is 0.294 e. The lowest BCUT2D eigenvalue weighted by atomic mass is 10.1. The van der Waals surface area contributed by atoms with Crippen molar-refractivity contribution in [3.8, 4) is 5.82 Å². The van der Waals surface area contributed by atoms with Gasteiger partial charge in [0.05, 0.1) is 22.4 Å². The number of hydrogen-bond acceptors (Lipinski definition) is 4. The minimum atomic E-state index is 0.816. The van der Waals surface area contributed by atoms with Crippen LogP contribution in [0.25, 0.3) is 39.8 Å². The Bertz CT molecular complexity index is 1760. The highest BCUT2D eigenvalue weighted by atomic mass is 32.2. The number of aromatic nitrogens is 3. The summed E-state index contributed by atoms with van der Waals surface area (Å²) in [5.74, 6) is 1.64. The molecule has 0 aliphatic carbocycles. The van der Waals surface area contributed by atoms with Gasteiger partial charge in [-0.2, -0.15) is 0 Å². The maximum Gasteiger partial charge on any atom is 0.143 e. The van der Waals surface area contributed by atoms with Gasteiger partial charge in [0, 0.05) is 26.6 Å². The molecule has 6 aromatic rings. The number of anilines is 3. The van der Waals surface area contributed by atoms with E-state index in [1.807, 2.05) is 12.2 Å². The smallest absolute Gasteiger partial charge is 0.143 e. The van der Waals surface area contributed by atoms with E-state index in [0.29, 0.717) is 0 Å². The predicted octanol–water partition coefficient (Wildman–Crippen LogP) is 8.79. The number of rotatable bonds is 4. The van der Waals surface area contributed by atoms with Gasteiger partial charge in [0.15, 0.2) is 0 Å². The highest BCUT2D eigenvalue weighted by Crippen LogP contribution is 2.50.